The van der Waals surface area contributed by atoms with Crippen molar-refractivity contribution < 1.29 is 40.7 Å². The zero-order valence-electron chi connectivity index (χ0n) is 23.2. The predicted molar refractivity (Wildman–Crippen MR) is 145 cm³/mol. The van der Waals surface area contributed by atoms with Gasteiger partial charge in [-0.1, -0.05) is 6.07 Å². The van der Waals surface area contributed by atoms with Crippen molar-refractivity contribution in [3.05, 3.63) is 35.9 Å². The van der Waals surface area contributed by atoms with Crippen LogP contribution in [-0.4, -0.2) is 83.4 Å². The molecule has 43 heavy (non-hydrogen) atoms. The van der Waals surface area contributed by atoms with Gasteiger partial charge in [0, 0.05) is 50.5 Å². The standard InChI is InChI=1S/C26H28F6N8O3/c1-13(2)35-21(41)22(43-23(42)26(30,31)32)40-11-9-39(10-12-40)17-6-4-5-15(25(27,28)29)18(17)16-8-7-14-19(34-3)37-24(33)38-20(14)36-16/h4-8,13,22H,9-12H2,1-3H3,(H,35,41)(H3,33,34,36,37,38). The van der Waals surface area contributed by atoms with Crippen LogP contribution in [0.1, 0.15) is 19.4 Å². The Labute approximate surface area is 241 Å². The van der Waals surface area contributed by atoms with E-state index in [1.54, 1.807) is 25.8 Å². The zero-order valence-corrected chi connectivity index (χ0v) is 23.2. The van der Waals surface area contributed by atoms with E-state index in [-0.39, 0.29) is 54.7 Å². The molecule has 1 aliphatic rings. The van der Waals surface area contributed by atoms with Gasteiger partial charge in [0.05, 0.1) is 16.6 Å². The fourth-order valence-electron chi connectivity index (χ4n) is 4.68. The Morgan fingerprint density at radius 3 is 2.23 bits per heavy atom. The Hall–Kier alpha value is -4.41. The Bertz CT molecular complexity index is 1510. The van der Waals surface area contributed by atoms with Gasteiger partial charge in [0.1, 0.15) is 5.82 Å². The van der Waals surface area contributed by atoms with Crippen molar-refractivity contribution in [2.45, 2.75) is 38.5 Å². The average molecular weight is 615 g/mol. The molecule has 1 unspecified atom stereocenters. The van der Waals surface area contributed by atoms with Gasteiger partial charge < -0.3 is 26.0 Å². The summed E-state index contributed by atoms with van der Waals surface area (Å²) in [5, 5.41) is 5.69. The molecule has 1 amide bonds. The molecule has 232 valence electrons. The number of nitrogens with one attached hydrogen (secondary N) is 2. The van der Waals surface area contributed by atoms with Crippen LogP contribution in [0.4, 0.5) is 43.8 Å². The van der Waals surface area contributed by atoms with Crippen molar-refractivity contribution in [2.75, 3.05) is 49.2 Å². The van der Waals surface area contributed by atoms with Crippen LogP contribution in [0.15, 0.2) is 30.3 Å². The zero-order chi connectivity index (χ0) is 31.7. The van der Waals surface area contributed by atoms with E-state index in [0.717, 1.165) is 6.07 Å². The lowest BCUT2D eigenvalue weighted by Gasteiger charge is -2.40. The normalized spacial score (nSPS) is 15.4. The van der Waals surface area contributed by atoms with Crippen molar-refractivity contribution >= 4 is 40.4 Å². The van der Waals surface area contributed by atoms with Crippen molar-refractivity contribution in [3.63, 3.8) is 0 Å². The molecule has 0 spiro atoms. The topological polar surface area (TPSA) is 139 Å². The number of hydrogen-bond donors (Lipinski definition) is 3. The van der Waals surface area contributed by atoms with Gasteiger partial charge in [-0.2, -0.15) is 36.3 Å². The number of carbonyl (C=O) groups is 2. The first-order chi connectivity index (χ1) is 20.1. The summed E-state index contributed by atoms with van der Waals surface area (Å²) in [7, 11) is 1.59. The maximum atomic E-state index is 14.3. The first-order valence-corrected chi connectivity index (χ1v) is 13.0. The highest BCUT2D eigenvalue weighted by atomic mass is 19.4. The fourth-order valence-corrected chi connectivity index (χ4v) is 4.68. The summed E-state index contributed by atoms with van der Waals surface area (Å²) in [6.45, 7) is 2.89. The molecule has 4 N–H and O–H groups in total. The third-order valence-electron chi connectivity index (χ3n) is 6.51. The molecule has 1 saturated heterocycles. The summed E-state index contributed by atoms with van der Waals surface area (Å²) < 4.78 is 86.1. The molecule has 4 rings (SSSR count). The molecule has 2 aromatic heterocycles. The smallest absolute Gasteiger partial charge is 0.430 e. The number of rotatable bonds is 7. The van der Waals surface area contributed by atoms with Crippen LogP contribution in [0, 0.1) is 0 Å². The highest BCUT2D eigenvalue weighted by molar-refractivity contribution is 5.91. The van der Waals surface area contributed by atoms with Crippen LogP contribution in [0.3, 0.4) is 0 Å². The number of piperazine rings is 1. The number of benzene rings is 1. The minimum absolute atomic E-state index is 0.0179. The van der Waals surface area contributed by atoms with Crippen LogP contribution in [0.25, 0.3) is 22.3 Å². The minimum Gasteiger partial charge on any atom is -0.430 e. The maximum absolute atomic E-state index is 14.3. The number of esters is 1. The van der Waals surface area contributed by atoms with Gasteiger partial charge in [0.2, 0.25) is 12.2 Å². The van der Waals surface area contributed by atoms with Crippen LogP contribution in [0.5, 0.6) is 0 Å². The number of fused-ring (bicyclic) bond motifs is 1. The monoisotopic (exact) mass is 614 g/mol. The van der Waals surface area contributed by atoms with E-state index in [0.29, 0.717) is 11.2 Å². The summed E-state index contributed by atoms with van der Waals surface area (Å²) in [6.07, 6.45) is -12.0. The van der Waals surface area contributed by atoms with Crippen LogP contribution < -0.4 is 21.3 Å². The Morgan fingerprint density at radius 2 is 1.65 bits per heavy atom. The molecule has 0 bridgehead atoms. The maximum Gasteiger partial charge on any atom is 0.490 e. The highest BCUT2D eigenvalue weighted by Gasteiger charge is 2.45. The van der Waals surface area contributed by atoms with Crippen LogP contribution in [-0.2, 0) is 20.5 Å². The molecule has 1 fully saturated rings. The molecule has 11 nitrogen and oxygen atoms in total. The van der Waals surface area contributed by atoms with Gasteiger partial charge in [0.25, 0.3) is 5.91 Å². The molecule has 1 aliphatic heterocycles. The third kappa shape index (κ3) is 6.98. The molecule has 1 atom stereocenters. The van der Waals surface area contributed by atoms with Crippen LogP contribution in [0.2, 0.25) is 0 Å². The van der Waals surface area contributed by atoms with E-state index in [2.05, 4.69) is 30.3 Å². The van der Waals surface area contributed by atoms with E-state index in [9.17, 15) is 35.9 Å². The van der Waals surface area contributed by atoms with E-state index >= 15 is 0 Å². The van der Waals surface area contributed by atoms with Crippen molar-refractivity contribution in [2.24, 2.45) is 0 Å². The number of halogens is 6. The van der Waals surface area contributed by atoms with Crippen molar-refractivity contribution in [3.8, 4) is 11.3 Å². The molecule has 17 heteroatoms. The molecule has 0 saturated carbocycles. The SMILES string of the molecule is CNc1nc(N)nc2nc(-c3c(N4CCN(C(OC(=O)C(F)(F)F)C(=O)NC(C)C)CC4)cccc3C(F)(F)F)ccc12. The number of hydrogen-bond acceptors (Lipinski definition) is 10. The lowest BCUT2D eigenvalue weighted by atomic mass is 9.99. The van der Waals surface area contributed by atoms with Crippen LogP contribution >= 0.6 is 0 Å². The van der Waals surface area contributed by atoms with Gasteiger partial charge in [-0.05, 0) is 38.1 Å². The highest BCUT2D eigenvalue weighted by Crippen LogP contribution is 2.42. The van der Waals surface area contributed by atoms with E-state index in [4.69, 9.17) is 5.73 Å². The number of aromatic nitrogens is 3. The number of alkyl halides is 6. The van der Waals surface area contributed by atoms with E-state index < -0.39 is 42.1 Å². The predicted octanol–water partition coefficient (Wildman–Crippen LogP) is 3.41. The van der Waals surface area contributed by atoms with Crippen molar-refractivity contribution in [1.82, 2.24) is 25.2 Å². The Balaban J connectivity index is 1.69. The molecule has 3 aromatic rings. The fraction of sp³-hybridized carbons (Fsp3) is 0.423. The second-order valence-corrected chi connectivity index (χ2v) is 9.89. The minimum atomic E-state index is -5.33. The molecule has 1 aromatic carbocycles. The van der Waals surface area contributed by atoms with E-state index in [1.165, 1.54) is 29.2 Å². The lowest BCUT2D eigenvalue weighted by molar-refractivity contribution is -0.213. The first-order valence-electron chi connectivity index (χ1n) is 13.0. The molecular formula is C26H28F6N8O3. The summed E-state index contributed by atoms with van der Waals surface area (Å²) in [6, 6.07) is 6.07. The summed E-state index contributed by atoms with van der Waals surface area (Å²) in [5.74, 6) is -3.29. The molecule has 0 aliphatic carbocycles. The number of nitrogens with zero attached hydrogens (tertiary/aromatic N) is 5. The average Bonchev–Trinajstić information content (AvgIpc) is 2.93. The van der Waals surface area contributed by atoms with Gasteiger partial charge in [-0.15, -0.1) is 0 Å². The van der Waals surface area contributed by atoms with Gasteiger partial charge in [0.15, 0.2) is 5.65 Å². The molecule has 3 heterocycles. The number of nitrogens with two attached hydrogens (primary N) is 1. The number of pyridine rings is 1. The number of anilines is 3. The summed E-state index contributed by atoms with van der Waals surface area (Å²) in [4.78, 5) is 39.5. The largest absolute Gasteiger partial charge is 0.490 e. The second-order valence-electron chi connectivity index (χ2n) is 9.89. The number of carbonyl (C=O) groups excluding carboxylic acids is 2. The lowest BCUT2D eigenvalue weighted by Crippen LogP contribution is -2.58. The first kappa shape index (κ1) is 31.5. The Morgan fingerprint density at radius 1 is 0.977 bits per heavy atom. The van der Waals surface area contributed by atoms with Gasteiger partial charge >= 0.3 is 18.3 Å². The molecular weight excluding hydrogens is 586 g/mol. The number of ether oxygens (including phenoxy) is 1. The summed E-state index contributed by atoms with van der Waals surface area (Å²) >= 11 is 0. The Kier molecular flexibility index (Phi) is 8.84. The summed E-state index contributed by atoms with van der Waals surface area (Å²) in [5.41, 5.74) is 4.70. The third-order valence-corrected chi connectivity index (χ3v) is 6.51. The quantitative estimate of drug-likeness (QED) is 0.268. The number of amides is 1. The van der Waals surface area contributed by atoms with Crippen molar-refractivity contribution in [1.29, 1.82) is 0 Å². The second kappa shape index (κ2) is 12.1. The van der Waals surface area contributed by atoms with E-state index in [1.807, 2.05) is 0 Å². The van der Waals surface area contributed by atoms with Gasteiger partial charge in [-0.25, -0.2) is 9.78 Å². The molecule has 0 radical (unpaired) electrons. The number of nitrogen functional groups attached to an aromatic ring is 1. The van der Waals surface area contributed by atoms with Gasteiger partial charge in [-0.3, -0.25) is 9.69 Å².